The maximum Gasteiger partial charge on any atom is 0.123 e. The first kappa shape index (κ1) is 39.3. The normalized spacial score (nSPS) is 18.9. The SMILES string of the molecule is CC(C)(C)CC(c1ccc(F)cc1)N1CCOCC1.CC(C)(C)CC(c1ccccc1)N1CCOCC1.CC(O)CC(C)(C)C. The summed E-state index contributed by atoms with van der Waals surface area (Å²) in [5.74, 6) is -0.166. The number of halogens is 1. The highest BCUT2D eigenvalue weighted by Crippen LogP contribution is 2.35. The molecule has 0 spiro atoms. The van der Waals surface area contributed by atoms with Crippen LogP contribution in [0.4, 0.5) is 4.39 Å². The monoisotopic (exact) mass is 628 g/mol. The van der Waals surface area contributed by atoms with Crippen molar-refractivity contribution in [2.75, 3.05) is 52.6 Å². The van der Waals surface area contributed by atoms with Crippen LogP contribution in [0.5, 0.6) is 0 Å². The molecule has 0 amide bonds. The molecule has 4 rings (SSSR count). The van der Waals surface area contributed by atoms with Gasteiger partial charge in [0, 0.05) is 38.3 Å². The molecule has 6 heteroatoms. The fraction of sp³-hybridized carbons (Fsp3) is 0.692. The van der Waals surface area contributed by atoms with Gasteiger partial charge in [-0.25, -0.2) is 4.39 Å². The summed E-state index contributed by atoms with van der Waals surface area (Å²) < 4.78 is 24.0. The van der Waals surface area contributed by atoms with Crippen molar-refractivity contribution in [2.45, 2.75) is 107 Å². The second kappa shape index (κ2) is 18.5. The highest BCUT2D eigenvalue weighted by Gasteiger charge is 2.28. The van der Waals surface area contributed by atoms with E-state index in [1.54, 1.807) is 12.1 Å². The Morgan fingerprint density at radius 1 is 0.600 bits per heavy atom. The molecule has 2 aliphatic rings. The molecule has 45 heavy (non-hydrogen) atoms. The zero-order valence-corrected chi connectivity index (χ0v) is 30.2. The number of rotatable bonds is 7. The average Bonchev–Trinajstić information content (AvgIpc) is 2.95. The van der Waals surface area contributed by atoms with Crippen molar-refractivity contribution in [3.8, 4) is 0 Å². The first-order chi connectivity index (χ1) is 20.9. The molecule has 0 aromatic heterocycles. The van der Waals surface area contributed by atoms with Crippen LogP contribution in [0, 0.1) is 22.1 Å². The molecule has 2 aromatic rings. The number of ether oxygens (including phenoxy) is 2. The molecule has 0 saturated carbocycles. The van der Waals surface area contributed by atoms with E-state index in [0.29, 0.717) is 17.5 Å². The van der Waals surface area contributed by atoms with Gasteiger partial charge in [0.2, 0.25) is 0 Å². The van der Waals surface area contributed by atoms with Crippen molar-refractivity contribution >= 4 is 0 Å². The molecule has 5 nitrogen and oxygen atoms in total. The number of aliphatic hydroxyl groups excluding tert-OH is 1. The molecule has 256 valence electrons. The first-order valence-corrected chi connectivity index (χ1v) is 17.1. The minimum absolute atomic E-state index is 0.157. The van der Waals surface area contributed by atoms with E-state index in [1.807, 2.05) is 19.1 Å². The van der Waals surface area contributed by atoms with Crippen LogP contribution in [0.1, 0.15) is 112 Å². The molecule has 3 atom stereocenters. The molecule has 2 heterocycles. The van der Waals surface area contributed by atoms with E-state index in [-0.39, 0.29) is 22.8 Å². The van der Waals surface area contributed by atoms with Gasteiger partial charge in [0.1, 0.15) is 5.82 Å². The number of aliphatic hydroxyl groups is 1. The summed E-state index contributed by atoms with van der Waals surface area (Å²) in [5, 5.41) is 8.89. The van der Waals surface area contributed by atoms with Crippen LogP contribution in [0.15, 0.2) is 54.6 Å². The van der Waals surface area contributed by atoms with Gasteiger partial charge in [-0.2, -0.15) is 0 Å². The maximum atomic E-state index is 13.1. The summed E-state index contributed by atoms with van der Waals surface area (Å²) in [6.07, 6.45) is 2.98. The summed E-state index contributed by atoms with van der Waals surface area (Å²) in [4.78, 5) is 5.03. The number of benzene rings is 2. The van der Waals surface area contributed by atoms with Crippen LogP contribution in [-0.2, 0) is 9.47 Å². The third-order valence-corrected chi connectivity index (χ3v) is 7.93. The van der Waals surface area contributed by atoms with Crippen LogP contribution in [0.2, 0.25) is 0 Å². The highest BCUT2D eigenvalue weighted by molar-refractivity contribution is 5.21. The van der Waals surface area contributed by atoms with Crippen molar-refractivity contribution in [1.29, 1.82) is 0 Å². The predicted molar refractivity (Wildman–Crippen MR) is 187 cm³/mol. The van der Waals surface area contributed by atoms with Gasteiger partial charge in [-0.1, -0.05) is 105 Å². The number of hydrogen-bond donors (Lipinski definition) is 1. The number of hydrogen-bond acceptors (Lipinski definition) is 5. The Morgan fingerprint density at radius 2 is 0.956 bits per heavy atom. The Morgan fingerprint density at radius 3 is 1.27 bits per heavy atom. The molecule has 2 aliphatic heterocycles. The van der Waals surface area contributed by atoms with Crippen molar-refractivity contribution in [1.82, 2.24) is 9.80 Å². The van der Waals surface area contributed by atoms with E-state index in [9.17, 15) is 4.39 Å². The standard InChI is InChI=1S/C16H24FNO.C16H25NO.C7H16O/c1-16(2,3)12-15(18-8-10-19-11-9-18)13-4-6-14(17)7-5-13;1-16(2,3)13-15(14-7-5-4-6-8-14)17-9-11-18-12-10-17;1-6(8)5-7(2,3)4/h4-7,15H,8-12H2,1-3H3;4-8,15H,9-13H2,1-3H3;6,8H,5H2,1-4H3. The lowest BCUT2D eigenvalue weighted by molar-refractivity contribution is 0.00707. The summed E-state index contributed by atoms with van der Waals surface area (Å²) >= 11 is 0. The summed E-state index contributed by atoms with van der Waals surface area (Å²) in [7, 11) is 0. The van der Waals surface area contributed by atoms with E-state index in [4.69, 9.17) is 14.6 Å². The van der Waals surface area contributed by atoms with Crippen LogP contribution < -0.4 is 0 Å². The molecule has 0 radical (unpaired) electrons. The van der Waals surface area contributed by atoms with Gasteiger partial charge in [-0.05, 0) is 65.7 Å². The van der Waals surface area contributed by atoms with E-state index in [1.165, 1.54) is 17.5 Å². The van der Waals surface area contributed by atoms with E-state index < -0.39 is 0 Å². The van der Waals surface area contributed by atoms with Crippen molar-refractivity contribution in [3.63, 3.8) is 0 Å². The minimum atomic E-state index is -0.166. The van der Waals surface area contributed by atoms with E-state index >= 15 is 0 Å². The number of morpholine rings is 2. The lowest BCUT2D eigenvalue weighted by Crippen LogP contribution is -2.40. The van der Waals surface area contributed by atoms with Crippen molar-refractivity contribution in [2.24, 2.45) is 16.2 Å². The van der Waals surface area contributed by atoms with Gasteiger partial charge in [-0.15, -0.1) is 0 Å². The van der Waals surface area contributed by atoms with E-state index in [2.05, 4.69) is 102 Å². The zero-order valence-electron chi connectivity index (χ0n) is 30.2. The summed E-state index contributed by atoms with van der Waals surface area (Å²) in [5.41, 5.74) is 3.51. The fourth-order valence-electron chi connectivity index (χ4n) is 6.10. The third kappa shape index (κ3) is 17.1. The Bertz CT molecular complexity index is 1040. The van der Waals surface area contributed by atoms with Gasteiger partial charge in [-0.3, -0.25) is 9.80 Å². The van der Waals surface area contributed by atoms with E-state index in [0.717, 1.165) is 65.4 Å². The topological polar surface area (TPSA) is 45.2 Å². The Kier molecular flexibility index (Phi) is 16.2. The minimum Gasteiger partial charge on any atom is -0.393 e. The predicted octanol–water partition coefficient (Wildman–Crippen LogP) is 8.93. The molecule has 2 saturated heterocycles. The van der Waals surface area contributed by atoms with Crippen LogP contribution in [0.25, 0.3) is 0 Å². The first-order valence-electron chi connectivity index (χ1n) is 17.1. The Labute approximate surface area is 275 Å². The summed E-state index contributed by atoms with van der Waals surface area (Å²) in [6.45, 7) is 29.3. The third-order valence-electron chi connectivity index (χ3n) is 7.93. The molecule has 1 N–H and O–H groups in total. The highest BCUT2D eigenvalue weighted by atomic mass is 19.1. The quantitative estimate of drug-likeness (QED) is 0.332. The molecular weight excluding hydrogens is 563 g/mol. The average molecular weight is 629 g/mol. The van der Waals surface area contributed by atoms with Crippen LogP contribution >= 0.6 is 0 Å². The molecule has 0 aliphatic carbocycles. The van der Waals surface area contributed by atoms with Crippen molar-refractivity contribution in [3.05, 3.63) is 71.5 Å². The molecular formula is C39H65FN2O3. The second-order valence-electron chi connectivity index (χ2n) is 16.4. The maximum absolute atomic E-state index is 13.1. The molecule has 2 aromatic carbocycles. The zero-order chi connectivity index (χ0) is 33.7. The summed E-state index contributed by atoms with van der Waals surface area (Å²) in [6, 6.07) is 18.7. The molecule has 2 fully saturated rings. The fourth-order valence-corrected chi connectivity index (χ4v) is 6.10. The van der Waals surface area contributed by atoms with Crippen molar-refractivity contribution < 1.29 is 19.0 Å². The Hall–Kier alpha value is -1.83. The van der Waals surface area contributed by atoms with Gasteiger partial charge in [0.05, 0.1) is 32.5 Å². The van der Waals surface area contributed by atoms with Gasteiger partial charge < -0.3 is 14.6 Å². The number of nitrogens with zero attached hydrogens (tertiary/aromatic N) is 2. The van der Waals surface area contributed by atoms with Crippen LogP contribution in [0.3, 0.4) is 0 Å². The Balaban J connectivity index is 0.000000255. The van der Waals surface area contributed by atoms with Gasteiger partial charge >= 0.3 is 0 Å². The van der Waals surface area contributed by atoms with Crippen LogP contribution in [-0.4, -0.2) is 73.6 Å². The lowest BCUT2D eigenvalue weighted by Gasteiger charge is -2.38. The van der Waals surface area contributed by atoms with Gasteiger partial charge in [0.15, 0.2) is 0 Å². The van der Waals surface area contributed by atoms with Gasteiger partial charge in [0.25, 0.3) is 0 Å². The largest absolute Gasteiger partial charge is 0.393 e. The lowest BCUT2D eigenvalue weighted by atomic mass is 9.84. The smallest absolute Gasteiger partial charge is 0.123 e. The molecule has 3 unspecified atom stereocenters. The second-order valence-corrected chi connectivity index (χ2v) is 16.4. The molecule has 0 bridgehead atoms.